The molecular weight excluding hydrogens is 448 g/mol. The molecule has 3 N–H and O–H groups in total. The maximum atomic E-state index is 13.8. The summed E-state index contributed by atoms with van der Waals surface area (Å²) in [6, 6.07) is -0.388. The number of hydrogen-bond donors (Lipinski definition) is 3. The zero-order chi connectivity index (χ0) is 25.8. The lowest BCUT2D eigenvalue weighted by Gasteiger charge is -2.31. The minimum absolute atomic E-state index is 0.0137. The summed E-state index contributed by atoms with van der Waals surface area (Å²) in [7, 11) is 0. The summed E-state index contributed by atoms with van der Waals surface area (Å²) in [5.74, 6) is -0.382. The van der Waals surface area contributed by atoms with Crippen molar-refractivity contribution >= 4 is 17.9 Å². The fourth-order valence-electron chi connectivity index (χ4n) is 5.31. The van der Waals surface area contributed by atoms with E-state index in [1.165, 1.54) is 4.90 Å². The lowest BCUT2D eigenvalue weighted by molar-refractivity contribution is -0.141. The van der Waals surface area contributed by atoms with E-state index in [0.717, 1.165) is 38.5 Å². The maximum Gasteiger partial charge on any atom is 0.408 e. The van der Waals surface area contributed by atoms with Crippen LogP contribution in [0.4, 0.5) is 4.79 Å². The van der Waals surface area contributed by atoms with E-state index in [9.17, 15) is 24.8 Å². The third-order valence-electron chi connectivity index (χ3n) is 7.28. The smallest absolute Gasteiger partial charge is 0.408 e. The van der Waals surface area contributed by atoms with Crippen molar-refractivity contribution in [3.8, 4) is 6.07 Å². The SMILES string of the molecule is C=C[C@@H]1C[C@H]2C(=O)N[C@H](C(O)C#N)CCCCCCC3CC3[C@H](NC(=O)OC(C)(C)C)C(=O)N2C1. The Labute approximate surface area is 208 Å². The number of nitrogens with zero attached hydrogens (tertiary/aromatic N) is 2. The van der Waals surface area contributed by atoms with Crippen LogP contribution in [0.15, 0.2) is 12.7 Å². The van der Waals surface area contributed by atoms with Gasteiger partial charge in [0.25, 0.3) is 0 Å². The number of carbonyl (C=O) groups is 3. The number of carbonyl (C=O) groups excluding carboxylic acids is 3. The zero-order valence-electron chi connectivity index (χ0n) is 21.2. The average Bonchev–Trinajstić information content (AvgIpc) is 3.42. The second-order valence-corrected chi connectivity index (χ2v) is 11.2. The van der Waals surface area contributed by atoms with Gasteiger partial charge >= 0.3 is 6.09 Å². The lowest BCUT2D eigenvalue weighted by atomic mass is 10.0. The van der Waals surface area contributed by atoms with Crippen LogP contribution in [0.3, 0.4) is 0 Å². The molecule has 0 aromatic rings. The van der Waals surface area contributed by atoms with Crippen LogP contribution >= 0.6 is 0 Å². The van der Waals surface area contributed by atoms with E-state index >= 15 is 0 Å². The molecule has 2 saturated heterocycles. The van der Waals surface area contributed by atoms with Crippen molar-refractivity contribution in [1.82, 2.24) is 15.5 Å². The molecule has 0 radical (unpaired) electrons. The number of nitriles is 1. The Bertz CT molecular complexity index is 848. The minimum Gasteiger partial charge on any atom is -0.444 e. The van der Waals surface area contributed by atoms with Crippen molar-refractivity contribution in [1.29, 1.82) is 5.26 Å². The first-order valence-electron chi connectivity index (χ1n) is 12.8. The van der Waals surface area contributed by atoms with E-state index in [4.69, 9.17) is 4.74 Å². The summed E-state index contributed by atoms with van der Waals surface area (Å²) in [5.41, 5.74) is -0.698. The van der Waals surface area contributed by atoms with E-state index in [1.54, 1.807) is 26.8 Å². The minimum atomic E-state index is -1.32. The van der Waals surface area contributed by atoms with Crippen LogP contribution in [0.25, 0.3) is 0 Å². The van der Waals surface area contributed by atoms with Crippen LogP contribution in [0.5, 0.6) is 0 Å². The van der Waals surface area contributed by atoms with Crippen molar-refractivity contribution in [2.24, 2.45) is 17.8 Å². The molecule has 3 unspecified atom stereocenters. The highest BCUT2D eigenvalue weighted by atomic mass is 16.6. The van der Waals surface area contributed by atoms with Crippen LogP contribution in [0, 0.1) is 29.1 Å². The molecule has 0 aromatic heterocycles. The van der Waals surface area contributed by atoms with Crippen LogP contribution in [0.2, 0.25) is 0 Å². The second kappa shape index (κ2) is 11.4. The molecular formula is C26H40N4O5. The van der Waals surface area contributed by atoms with E-state index in [1.807, 2.05) is 6.07 Å². The molecule has 1 saturated carbocycles. The van der Waals surface area contributed by atoms with E-state index in [0.29, 0.717) is 25.3 Å². The third kappa shape index (κ3) is 7.20. The highest BCUT2D eigenvalue weighted by molar-refractivity contribution is 5.92. The number of ether oxygens (including phenoxy) is 1. The first-order chi connectivity index (χ1) is 16.5. The van der Waals surface area contributed by atoms with E-state index < -0.39 is 35.9 Å². The fourth-order valence-corrected chi connectivity index (χ4v) is 5.31. The Morgan fingerprint density at radius 2 is 1.94 bits per heavy atom. The van der Waals surface area contributed by atoms with Crippen molar-refractivity contribution in [2.45, 2.75) is 102 Å². The summed E-state index contributed by atoms with van der Waals surface area (Å²) in [6.07, 6.45) is 6.27. The average molecular weight is 489 g/mol. The maximum absolute atomic E-state index is 13.8. The van der Waals surface area contributed by atoms with Crippen LogP contribution in [0.1, 0.15) is 72.1 Å². The predicted molar refractivity (Wildman–Crippen MR) is 130 cm³/mol. The number of fused-ring (bicyclic) bond motifs is 2. The Morgan fingerprint density at radius 1 is 1.26 bits per heavy atom. The van der Waals surface area contributed by atoms with Gasteiger partial charge in [-0.15, -0.1) is 6.58 Å². The summed E-state index contributed by atoms with van der Waals surface area (Å²) >= 11 is 0. The molecule has 0 spiro atoms. The molecule has 9 nitrogen and oxygen atoms in total. The molecule has 1 aliphatic carbocycles. The molecule has 35 heavy (non-hydrogen) atoms. The third-order valence-corrected chi connectivity index (χ3v) is 7.28. The van der Waals surface area contributed by atoms with Crippen molar-refractivity contribution in [3.05, 3.63) is 12.7 Å². The molecule has 194 valence electrons. The van der Waals surface area contributed by atoms with Crippen molar-refractivity contribution in [2.75, 3.05) is 6.54 Å². The summed E-state index contributed by atoms with van der Waals surface area (Å²) in [4.78, 5) is 41.3. The Hall–Kier alpha value is -2.60. The van der Waals surface area contributed by atoms with Gasteiger partial charge in [0, 0.05) is 6.54 Å². The van der Waals surface area contributed by atoms with Gasteiger partial charge in [-0.1, -0.05) is 38.2 Å². The van der Waals surface area contributed by atoms with Gasteiger partial charge in [-0.3, -0.25) is 9.59 Å². The summed E-state index contributed by atoms with van der Waals surface area (Å²) in [5, 5.41) is 25.1. The lowest BCUT2D eigenvalue weighted by Crippen LogP contribution is -2.56. The van der Waals surface area contributed by atoms with Crippen LogP contribution in [-0.2, 0) is 14.3 Å². The first kappa shape index (κ1) is 27.0. The summed E-state index contributed by atoms with van der Waals surface area (Å²) in [6.45, 7) is 9.48. The molecule has 2 aliphatic heterocycles. The van der Waals surface area contributed by atoms with Crippen LogP contribution in [-0.4, -0.2) is 64.3 Å². The van der Waals surface area contributed by atoms with Gasteiger partial charge in [-0.2, -0.15) is 5.26 Å². The molecule has 0 bridgehead atoms. The fraction of sp³-hybridized carbons (Fsp3) is 0.769. The number of nitrogens with one attached hydrogen (secondary N) is 2. The van der Waals surface area contributed by atoms with Gasteiger partial charge in [-0.05, 0) is 57.8 Å². The van der Waals surface area contributed by atoms with Gasteiger partial charge in [-0.25, -0.2) is 4.79 Å². The Morgan fingerprint density at radius 3 is 2.57 bits per heavy atom. The Balaban J connectivity index is 1.86. The van der Waals surface area contributed by atoms with Gasteiger partial charge in [0.1, 0.15) is 17.7 Å². The van der Waals surface area contributed by atoms with Gasteiger partial charge in [0.2, 0.25) is 11.8 Å². The second-order valence-electron chi connectivity index (χ2n) is 11.2. The molecule has 7 atom stereocenters. The molecule has 3 aliphatic rings. The molecule has 0 aromatic carbocycles. The molecule has 3 fully saturated rings. The first-order valence-corrected chi connectivity index (χ1v) is 12.8. The quantitative estimate of drug-likeness (QED) is 0.413. The summed E-state index contributed by atoms with van der Waals surface area (Å²) < 4.78 is 5.43. The molecule has 3 amide bonds. The van der Waals surface area contributed by atoms with Crippen molar-refractivity contribution < 1.29 is 24.2 Å². The van der Waals surface area contributed by atoms with E-state index in [2.05, 4.69) is 17.2 Å². The number of rotatable bonds is 3. The monoisotopic (exact) mass is 488 g/mol. The Kier molecular flexibility index (Phi) is 8.81. The number of amides is 3. The van der Waals surface area contributed by atoms with Gasteiger partial charge in [0.05, 0.1) is 12.1 Å². The standard InChI is InChI=1S/C26H40N4O5/c1-5-16-12-20-23(32)28-19(21(31)14-27)11-9-7-6-8-10-17-13-18(17)22(24(33)30(20)15-16)29-25(34)35-26(2,3)4/h5,16-22,31H,1,6-13,15H2,2-4H3,(H,28,32)(H,29,34)/t16-,17?,18?,19+,20+,21?,22+/m1/s1. The van der Waals surface area contributed by atoms with E-state index in [-0.39, 0.29) is 23.7 Å². The van der Waals surface area contributed by atoms with Crippen LogP contribution < -0.4 is 10.6 Å². The predicted octanol–water partition coefficient (Wildman–Crippen LogP) is 2.64. The highest BCUT2D eigenvalue weighted by Gasteiger charge is 2.50. The topological polar surface area (TPSA) is 132 Å². The molecule has 3 rings (SSSR count). The normalized spacial score (nSPS) is 33.1. The zero-order valence-corrected chi connectivity index (χ0v) is 21.2. The number of alkyl carbamates (subject to hydrolysis) is 1. The number of hydrogen-bond acceptors (Lipinski definition) is 6. The highest BCUT2D eigenvalue weighted by Crippen LogP contribution is 2.46. The number of aliphatic hydroxyl groups excluding tert-OH is 1. The van der Waals surface area contributed by atoms with Gasteiger partial charge < -0.3 is 25.4 Å². The molecule has 9 heteroatoms. The van der Waals surface area contributed by atoms with Crippen molar-refractivity contribution in [3.63, 3.8) is 0 Å². The largest absolute Gasteiger partial charge is 0.444 e. The van der Waals surface area contributed by atoms with Gasteiger partial charge in [0.15, 0.2) is 6.10 Å². The number of aliphatic hydroxyl groups is 1. The molecule has 2 heterocycles.